The maximum Gasteiger partial charge on any atom is 0.257 e. The number of nitrogens with one attached hydrogen (secondary N) is 1. The third-order valence-electron chi connectivity index (χ3n) is 3.44. The van der Waals surface area contributed by atoms with Crippen molar-refractivity contribution in [1.29, 1.82) is 0 Å². The van der Waals surface area contributed by atoms with E-state index in [4.69, 9.17) is 10.6 Å². The van der Waals surface area contributed by atoms with Gasteiger partial charge in [0.05, 0.1) is 11.7 Å². The fraction of sp³-hybridized carbons (Fsp3) is 0.571. The molecule has 2 rings (SSSR count). The first-order valence-electron chi connectivity index (χ1n) is 7.18. The van der Waals surface area contributed by atoms with Crippen molar-refractivity contribution in [3.8, 4) is 0 Å². The quantitative estimate of drug-likeness (QED) is 0.624. The molecule has 0 radical (unpaired) electrons. The molecule has 0 bridgehead atoms. The van der Waals surface area contributed by atoms with Crippen molar-refractivity contribution in [3.63, 3.8) is 0 Å². The van der Waals surface area contributed by atoms with Gasteiger partial charge in [-0.15, -0.1) is 0 Å². The van der Waals surface area contributed by atoms with Gasteiger partial charge in [-0.1, -0.05) is 6.92 Å². The Kier molecular flexibility index (Phi) is 5.96. The van der Waals surface area contributed by atoms with Gasteiger partial charge in [-0.3, -0.25) is 4.79 Å². The van der Waals surface area contributed by atoms with Crippen LogP contribution in [-0.2, 0) is 4.74 Å². The molecule has 1 aromatic rings. The van der Waals surface area contributed by atoms with Crippen LogP contribution in [0.1, 0.15) is 36.5 Å². The second-order valence-corrected chi connectivity index (χ2v) is 6.00. The van der Waals surface area contributed by atoms with Crippen LogP contribution < -0.4 is 11.3 Å². The number of nitrogen functional groups attached to an aromatic ring is 1. The van der Waals surface area contributed by atoms with E-state index in [0.717, 1.165) is 36.9 Å². The van der Waals surface area contributed by atoms with Gasteiger partial charge in [0.2, 0.25) is 0 Å². The van der Waals surface area contributed by atoms with Gasteiger partial charge in [0.15, 0.2) is 5.82 Å². The SMILES string of the molecule is CCCOC1CCCN(C(=O)c2cc(Br)cnc2NN)C1. The van der Waals surface area contributed by atoms with E-state index in [1.807, 2.05) is 4.90 Å². The Morgan fingerprint density at radius 3 is 3.19 bits per heavy atom. The average Bonchev–Trinajstić information content (AvgIpc) is 2.52. The minimum absolute atomic E-state index is 0.0680. The number of amides is 1. The summed E-state index contributed by atoms with van der Waals surface area (Å²) in [5.41, 5.74) is 2.95. The predicted octanol–water partition coefficient (Wildman–Crippen LogP) is 2.16. The van der Waals surface area contributed by atoms with Crippen LogP contribution in [0, 0.1) is 0 Å². The maximum atomic E-state index is 12.7. The number of hydrogen-bond acceptors (Lipinski definition) is 5. The molecule has 21 heavy (non-hydrogen) atoms. The van der Waals surface area contributed by atoms with Gasteiger partial charge in [0.25, 0.3) is 5.91 Å². The number of halogens is 1. The lowest BCUT2D eigenvalue weighted by atomic mass is 10.1. The molecule has 6 nitrogen and oxygen atoms in total. The zero-order valence-electron chi connectivity index (χ0n) is 12.1. The predicted molar refractivity (Wildman–Crippen MR) is 84.9 cm³/mol. The third-order valence-corrected chi connectivity index (χ3v) is 3.88. The number of ether oxygens (including phenoxy) is 1. The van der Waals surface area contributed by atoms with Crippen molar-refractivity contribution >= 4 is 27.7 Å². The zero-order chi connectivity index (χ0) is 15.2. The lowest BCUT2D eigenvalue weighted by molar-refractivity contribution is 0.00213. The van der Waals surface area contributed by atoms with E-state index in [-0.39, 0.29) is 12.0 Å². The van der Waals surface area contributed by atoms with Crippen LogP contribution in [0.2, 0.25) is 0 Å². The van der Waals surface area contributed by atoms with E-state index in [1.165, 1.54) is 0 Å². The van der Waals surface area contributed by atoms with Crippen LogP contribution in [0.4, 0.5) is 5.82 Å². The minimum atomic E-state index is -0.0680. The Hall–Kier alpha value is -1.18. The van der Waals surface area contributed by atoms with Gasteiger partial charge < -0.3 is 15.1 Å². The lowest BCUT2D eigenvalue weighted by Crippen LogP contribution is -2.43. The second-order valence-electron chi connectivity index (χ2n) is 5.08. The molecule has 1 fully saturated rings. The Balaban J connectivity index is 2.10. The Morgan fingerprint density at radius 1 is 1.67 bits per heavy atom. The number of carbonyl (C=O) groups excluding carboxylic acids is 1. The van der Waals surface area contributed by atoms with E-state index >= 15 is 0 Å². The smallest absolute Gasteiger partial charge is 0.257 e. The van der Waals surface area contributed by atoms with Gasteiger partial charge in [-0.05, 0) is 41.3 Å². The molecule has 1 aliphatic heterocycles. The van der Waals surface area contributed by atoms with Crippen molar-refractivity contribution < 1.29 is 9.53 Å². The molecule has 1 atom stereocenters. The summed E-state index contributed by atoms with van der Waals surface area (Å²) in [5, 5.41) is 0. The molecule has 1 unspecified atom stereocenters. The Morgan fingerprint density at radius 2 is 2.48 bits per heavy atom. The first-order chi connectivity index (χ1) is 10.2. The van der Waals surface area contributed by atoms with Crippen LogP contribution >= 0.6 is 15.9 Å². The largest absolute Gasteiger partial charge is 0.376 e. The number of hydrazine groups is 1. The topological polar surface area (TPSA) is 80.5 Å². The van der Waals surface area contributed by atoms with Crippen molar-refractivity contribution in [2.75, 3.05) is 25.1 Å². The van der Waals surface area contributed by atoms with Crippen molar-refractivity contribution in [2.45, 2.75) is 32.3 Å². The minimum Gasteiger partial charge on any atom is -0.376 e. The van der Waals surface area contributed by atoms with Crippen LogP contribution in [0.3, 0.4) is 0 Å². The summed E-state index contributed by atoms with van der Waals surface area (Å²) in [4.78, 5) is 18.6. The lowest BCUT2D eigenvalue weighted by Gasteiger charge is -2.33. The summed E-state index contributed by atoms with van der Waals surface area (Å²) in [6, 6.07) is 1.74. The highest BCUT2D eigenvalue weighted by atomic mass is 79.9. The summed E-state index contributed by atoms with van der Waals surface area (Å²) >= 11 is 3.34. The van der Waals surface area contributed by atoms with Gasteiger partial charge in [0.1, 0.15) is 0 Å². The summed E-state index contributed by atoms with van der Waals surface area (Å²) < 4.78 is 6.52. The van der Waals surface area contributed by atoms with Gasteiger partial charge >= 0.3 is 0 Å². The number of nitrogens with two attached hydrogens (primary N) is 1. The third kappa shape index (κ3) is 4.15. The van der Waals surface area contributed by atoms with Gasteiger partial charge in [-0.25, -0.2) is 10.8 Å². The number of anilines is 1. The van der Waals surface area contributed by atoms with Gasteiger partial charge in [-0.2, -0.15) is 0 Å². The number of carbonyl (C=O) groups is 1. The fourth-order valence-corrected chi connectivity index (χ4v) is 2.76. The van der Waals surface area contributed by atoms with Crippen molar-refractivity contribution in [3.05, 3.63) is 22.3 Å². The second kappa shape index (κ2) is 7.72. The Labute approximate surface area is 133 Å². The molecule has 1 aromatic heterocycles. The molecule has 1 saturated heterocycles. The molecular weight excluding hydrogens is 336 g/mol. The first-order valence-corrected chi connectivity index (χ1v) is 7.98. The number of rotatable bonds is 5. The monoisotopic (exact) mass is 356 g/mol. The fourth-order valence-electron chi connectivity index (χ4n) is 2.43. The standard InChI is InChI=1S/C14H21BrN4O2/c1-2-6-21-11-4-3-5-19(9-11)14(20)12-7-10(15)8-17-13(12)18-16/h7-8,11H,2-6,9,16H2,1H3,(H,17,18). The number of pyridine rings is 1. The van der Waals surface area contributed by atoms with E-state index in [0.29, 0.717) is 17.9 Å². The number of aromatic nitrogens is 1. The summed E-state index contributed by atoms with van der Waals surface area (Å²) in [5.74, 6) is 5.76. The van der Waals surface area contributed by atoms with Crippen LogP contribution in [0.25, 0.3) is 0 Å². The summed E-state index contributed by atoms with van der Waals surface area (Å²) in [7, 11) is 0. The van der Waals surface area contributed by atoms with Crippen molar-refractivity contribution in [2.24, 2.45) is 5.84 Å². The Bertz CT molecular complexity index is 498. The van der Waals surface area contributed by atoms with Gasteiger partial charge in [0, 0.05) is 30.4 Å². The number of hydrogen-bond donors (Lipinski definition) is 2. The van der Waals surface area contributed by atoms with Crippen LogP contribution in [0.15, 0.2) is 16.7 Å². The molecule has 0 aromatic carbocycles. The average molecular weight is 357 g/mol. The number of likely N-dealkylation sites (tertiary alicyclic amines) is 1. The maximum absolute atomic E-state index is 12.7. The summed E-state index contributed by atoms with van der Waals surface area (Å²) in [6.07, 6.45) is 4.67. The molecule has 7 heteroatoms. The van der Waals surface area contributed by atoms with E-state index in [1.54, 1.807) is 12.3 Å². The zero-order valence-corrected chi connectivity index (χ0v) is 13.7. The highest BCUT2D eigenvalue weighted by Gasteiger charge is 2.26. The molecule has 116 valence electrons. The van der Waals surface area contributed by atoms with Crippen molar-refractivity contribution in [1.82, 2.24) is 9.88 Å². The molecule has 0 saturated carbocycles. The molecule has 1 amide bonds. The highest BCUT2D eigenvalue weighted by molar-refractivity contribution is 9.10. The van der Waals surface area contributed by atoms with Crippen LogP contribution in [0.5, 0.6) is 0 Å². The number of nitrogens with zero attached hydrogens (tertiary/aromatic N) is 2. The van der Waals surface area contributed by atoms with E-state index in [9.17, 15) is 4.79 Å². The highest BCUT2D eigenvalue weighted by Crippen LogP contribution is 2.22. The number of piperidine rings is 1. The molecule has 3 N–H and O–H groups in total. The normalized spacial score (nSPS) is 18.6. The molecule has 0 spiro atoms. The molecule has 1 aliphatic rings. The summed E-state index contributed by atoms with van der Waals surface area (Å²) in [6.45, 7) is 4.18. The van der Waals surface area contributed by atoms with E-state index in [2.05, 4.69) is 33.3 Å². The molecule has 2 heterocycles. The first kappa shape index (κ1) is 16.2. The van der Waals surface area contributed by atoms with E-state index < -0.39 is 0 Å². The molecule has 0 aliphatic carbocycles. The molecular formula is C14H21BrN4O2. The van der Waals surface area contributed by atoms with Crippen LogP contribution in [-0.4, -0.2) is 41.6 Å².